The Morgan fingerprint density at radius 1 is 0.824 bits per heavy atom. The zero-order chi connectivity index (χ0) is 23.8. The summed E-state index contributed by atoms with van der Waals surface area (Å²) in [5.41, 5.74) is 2.11. The molecule has 0 N–H and O–H groups in total. The molecule has 4 unspecified atom stereocenters. The van der Waals surface area contributed by atoms with Gasteiger partial charge in [-0.15, -0.1) is 6.58 Å². The van der Waals surface area contributed by atoms with Gasteiger partial charge in [0.1, 0.15) is 5.82 Å². The van der Waals surface area contributed by atoms with Gasteiger partial charge in [0.25, 0.3) is 0 Å². The van der Waals surface area contributed by atoms with Crippen molar-refractivity contribution in [3.05, 3.63) is 47.8 Å². The number of fused-ring (bicyclic) bond motifs is 1. The third-order valence-corrected chi connectivity index (χ3v) is 10.1. The SMILES string of the molecule is C=CCCc1ccc(C2CCC3CC(CCC4CCC(CCCCC)CC4)CCC3C2)cc1F. The van der Waals surface area contributed by atoms with Crippen LogP contribution in [0.25, 0.3) is 0 Å². The number of rotatable bonds is 11. The Labute approximate surface area is 210 Å². The van der Waals surface area contributed by atoms with Crippen molar-refractivity contribution in [1.82, 2.24) is 0 Å². The molecule has 1 aromatic rings. The Bertz CT molecular complexity index is 743. The van der Waals surface area contributed by atoms with Crippen LogP contribution >= 0.6 is 0 Å². The van der Waals surface area contributed by atoms with Crippen LogP contribution in [0.5, 0.6) is 0 Å². The van der Waals surface area contributed by atoms with E-state index in [2.05, 4.69) is 19.6 Å². The lowest BCUT2D eigenvalue weighted by Gasteiger charge is -2.43. The van der Waals surface area contributed by atoms with Crippen molar-refractivity contribution in [2.75, 3.05) is 0 Å². The second-order valence-corrected chi connectivity index (χ2v) is 12.3. The highest BCUT2D eigenvalue weighted by Gasteiger charge is 2.36. The summed E-state index contributed by atoms with van der Waals surface area (Å²) in [5.74, 6) is 5.47. The van der Waals surface area contributed by atoms with E-state index in [9.17, 15) is 4.39 Å². The summed E-state index contributed by atoms with van der Waals surface area (Å²) in [6, 6.07) is 6.11. The maximum Gasteiger partial charge on any atom is 0.126 e. The molecular weight excluding hydrogens is 415 g/mol. The van der Waals surface area contributed by atoms with Crippen molar-refractivity contribution >= 4 is 0 Å². The second kappa shape index (κ2) is 13.3. The predicted octanol–water partition coefficient (Wildman–Crippen LogP) is 10.4. The van der Waals surface area contributed by atoms with Gasteiger partial charge in [0.05, 0.1) is 0 Å². The van der Waals surface area contributed by atoms with E-state index in [-0.39, 0.29) is 5.82 Å². The topological polar surface area (TPSA) is 0 Å². The van der Waals surface area contributed by atoms with Crippen LogP contribution in [0, 0.1) is 35.4 Å². The van der Waals surface area contributed by atoms with E-state index in [4.69, 9.17) is 0 Å². The van der Waals surface area contributed by atoms with Gasteiger partial charge in [0, 0.05) is 0 Å². The molecule has 1 aromatic carbocycles. The van der Waals surface area contributed by atoms with Gasteiger partial charge in [-0.2, -0.15) is 0 Å². The predicted molar refractivity (Wildman–Crippen MR) is 145 cm³/mol. The van der Waals surface area contributed by atoms with E-state index in [1.54, 1.807) is 0 Å². The van der Waals surface area contributed by atoms with E-state index < -0.39 is 0 Å². The Morgan fingerprint density at radius 3 is 2.24 bits per heavy atom. The van der Waals surface area contributed by atoms with Crippen molar-refractivity contribution in [3.8, 4) is 0 Å². The first kappa shape index (κ1) is 26.0. The highest BCUT2D eigenvalue weighted by molar-refractivity contribution is 5.28. The number of hydrogen-bond acceptors (Lipinski definition) is 0. The molecule has 0 spiro atoms. The maximum atomic E-state index is 14.6. The molecule has 0 bridgehead atoms. The molecular formula is C33H51F. The van der Waals surface area contributed by atoms with E-state index in [0.29, 0.717) is 5.92 Å². The molecule has 4 rings (SSSR count). The highest BCUT2D eigenvalue weighted by atomic mass is 19.1. The van der Waals surface area contributed by atoms with Gasteiger partial charge < -0.3 is 0 Å². The Morgan fingerprint density at radius 2 is 1.50 bits per heavy atom. The fourth-order valence-corrected chi connectivity index (χ4v) is 7.79. The molecule has 0 nitrogen and oxygen atoms in total. The van der Waals surface area contributed by atoms with Gasteiger partial charge in [0.2, 0.25) is 0 Å². The van der Waals surface area contributed by atoms with Crippen LogP contribution in [0.1, 0.15) is 133 Å². The minimum absolute atomic E-state index is 0.000162. The van der Waals surface area contributed by atoms with E-state index in [1.165, 1.54) is 108 Å². The number of halogens is 1. The van der Waals surface area contributed by atoms with Gasteiger partial charge in [0.15, 0.2) is 0 Å². The van der Waals surface area contributed by atoms with Crippen LogP contribution in [0.4, 0.5) is 4.39 Å². The summed E-state index contributed by atoms with van der Waals surface area (Å²) in [6.45, 7) is 6.09. The van der Waals surface area contributed by atoms with Crippen LogP contribution in [-0.2, 0) is 6.42 Å². The lowest BCUT2D eigenvalue weighted by Crippen LogP contribution is -2.30. The fraction of sp³-hybridized carbons (Fsp3) is 0.758. The first-order chi connectivity index (χ1) is 16.7. The molecule has 3 saturated carbocycles. The van der Waals surface area contributed by atoms with Gasteiger partial charge in [-0.3, -0.25) is 0 Å². The minimum Gasteiger partial charge on any atom is -0.207 e. The molecule has 0 radical (unpaired) electrons. The number of allylic oxidation sites excluding steroid dienone is 1. The van der Waals surface area contributed by atoms with Gasteiger partial charge in [-0.25, -0.2) is 4.39 Å². The summed E-state index contributed by atoms with van der Waals surface area (Å²) in [5, 5.41) is 0. The molecule has 34 heavy (non-hydrogen) atoms. The van der Waals surface area contributed by atoms with Gasteiger partial charge in [-0.1, -0.05) is 95.8 Å². The standard InChI is InChI=1S/C33H51F/c1-3-5-7-8-25-10-12-26(13-11-25)14-15-27-16-17-30-23-31(21-20-29(30)22-27)32-19-18-28(9-6-4-2)33(34)24-32/h4,18-19,24-27,29-31H,2-3,5-17,20-23H2,1H3. The Hall–Kier alpha value is -1.11. The van der Waals surface area contributed by atoms with E-state index in [0.717, 1.165) is 48.0 Å². The average Bonchev–Trinajstić information content (AvgIpc) is 2.87. The van der Waals surface area contributed by atoms with Crippen molar-refractivity contribution in [1.29, 1.82) is 0 Å². The lowest BCUT2D eigenvalue weighted by molar-refractivity contribution is 0.108. The highest BCUT2D eigenvalue weighted by Crippen LogP contribution is 2.49. The summed E-state index contributed by atoms with van der Waals surface area (Å²) in [4.78, 5) is 0. The fourth-order valence-electron chi connectivity index (χ4n) is 7.79. The Balaban J connectivity index is 1.17. The van der Waals surface area contributed by atoms with Crippen molar-refractivity contribution in [2.24, 2.45) is 29.6 Å². The second-order valence-electron chi connectivity index (χ2n) is 12.3. The average molecular weight is 467 g/mol. The summed E-state index contributed by atoms with van der Waals surface area (Å²) < 4.78 is 14.6. The van der Waals surface area contributed by atoms with Crippen molar-refractivity contribution < 1.29 is 4.39 Å². The molecule has 0 saturated heterocycles. The number of hydrogen-bond donors (Lipinski definition) is 0. The molecule has 0 heterocycles. The van der Waals surface area contributed by atoms with Gasteiger partial charge in [-0.05, 0) is 97.6 Å². The number of unbranched alkanes of at least 4 members (excludes halogenated alkanes) is 2. The summed E-state index contributed by atoms with van der Waals surface area (Å²) in [7, 11) is 0. The molecule has 3 aliphatic rings. The van der Waals surface area contributed by atoms with E-state index in [1.807, 2.05) is 18.2 Å². The lowest BCUT2D eigenvalue weighted by atomic mass is 9.63. The molecule has 0 aliphatic heterocycles. The maximum absolute atomic E-state index is 14.6. The first-order valence-corrected chi connectivity index (χ1v) is 15.0. The van der Waals surface area contributed by atoms with Gasteiger partial charge >= 0.3 is 0 Å². The number of aryl methyl sites for hydroxylation is 1. The summed E-state index contributed by atoms with van der Waals surface area (Å²) >= 11 is 0. The smallest absolute Gasteiger partial charge is 0.126 e. The minimum atomic E-state index is 0.000162. The molecule has 1 heteroatoms. The quantitative estimate of drug-likeness (QED) is 0.225. The molecule has 3 fully saturated rings. The summed E-state index contributed by atoms with van der Waals surface area (Å²) in [6.07, 6.45) is 26.6. The van der Waals surface area contributed by atoms with Crippen LogP contribution in [0.2, 0.25) is 0 Å². The Kier molecular flexibility index (Phi) is 10.1. The van der Waals surface area contributed by atoms with Crippen LogP contribution in [0.15, 0.2) is 30.9 Å². The van der Waals surface area contributed by atoms with Crippen molar-refractivity contribution in [2.45, 2.75) is 128 Å². The molecule has 3 aliphatic carbocycles. The molecule has 4 atom stereocenters. The van der Waals surface area contributed by atoms with Crippen LogP contribution in [0.3, 0.4) is 0 Å². The molecule has 0 amide bonds. The molecule has 0 aromatic heterocycles. The third kappa shape index (κ3) is 7.20. The number of benzene rings is 1. The van der Waals surface area contributed by atoms with Crippen molar-refractivity contribution in [3.63, 3.8) is 0 Å². The van der Waals surface area contributed by atoms with Crippen LogP contribution in [-0.4, -0.2) is 0 Å². The van der Waals surface area contributed by atoms with E-state index >= 15 is 0 Å². The third-order valence-electron chi connectivity index (χ3n) is 10.1. The largest absolute Gasteiger partial charge is 0.207 e. The molecule has 190 valence electrons. The first-order valence-electron chi connectivity index (χ1n) is 15.0. The zero-order valence-electron chi connectivity index (χ0n) is 22.1. The zero-order valence-corrected chi connectivity index (χ0v) is 22.1. The van der Waals surface area contributed by atoms with Crippen LogP contribution < -0.4 is 0 Å². The monoisotopic (exact) mass is 466 g/mol. The normalized spacial score (nSPS) is 31.7.